The molecule has 0 saturated carbocycles. The first kappa shape index (κ1) is 14.9. The van der Waals surface area contributed by atoms with Crippen LogP contribution in [0.25, 0.3) is 0 Å². The standard InChI is InChI=1S/C13H14Br2ClN3/c1-3-10-13(15)12(19(2)18-10)7-17-11-5-4-8(16)6-9(11)14/h4-6,17H,3,7H2,1-2H3. The van der Waals surface area contributed by atoms with Crippen LogP contribution in [0.15, 0.2) is 27.1 Å². The first-order chi connectivity index (χ1) is 9.02. The molecule has 0 aliphatic rings. The molecule has 1 heterocycles. The lowest BCUT2D eigenvalue weighted by atomic mass is 10.3. The van der Waals surface area contributed by atoms with Gasteiger partial charge < -0.3 is 5.32 Å². The van der Waals surface area contributed by atoms with Gasteiger partial charge >= 0.3 is 0 Å². The van der Waals surface area contributed by atoms with E-state index in [1.165, 1.54) is 0 Å². The fourth-order valence-electron chi connectivity index (χ4n) is 1.82. The zero-order valence-corrected chi connectivity index (χ0v) is 14.6. The topological polar surface area (TPSA) is 29.9 Å². The van der Waals surface area contributed by atoms with Crippen LogP contribution in [0.4, 0.5) is 5.69 Å². The van der Waals surface area contributed by atoms with Crippen molar-refractivity contribution >= 4 is 49.1 Å². The minimum atomic E-state index is 0.699. The summed E-state index contributed by atoms with van der Waals surface area (Å²) in [4.78, 5) is 0. The van der Waals surface area contributed by atoms with E-state index in [1.807, 2.05) is 29.9 Å². The van der Waals surface area contributed by atoms with Crippen molar-refractivity contribution in [2.45, 2.75) is 19.9 Å². The third kappa shape index (κ3) is 3.33. The van der Waals surface area contributed by atoms with Gasteiger partial charge in [0.25, 0.3) is 0 Å². The smallest absolute Gasteiger partial charge is 0.0767 e. The Morgan fingerprint density at radius 2 is 2.11 bits per heavy atom. The Labute approximate surface area is 134 Å². The van der Waals surface area contributed by atoms with Gasteiger partial charge in [-0.05, 0) is 56.5 Å². The molecule has 0 spiro atoms. The molecule has 2 rings (SSSR count). The van der Waals surface area contributed by atoms with Gasteiger partial charge in [0.2, 0.25) is 0 Å². The Morgan fingerprint density at radius 3 is 2.68 bits per heavy atom. The zero-order valence-electron chi connectivity index (χ0n) is 10.7. The van der Waals surface area contributed by atoms with E-state index in [0.717, 1.165) is 32.4 Å². The van der Waals surface area contributed by atoms with Crippen molar-refractivity contribution in [2.75, 3.05) is 5.32 Å². The van der Waals surface area contributed by atoms with Crippen LogP contribution in [0.2, 0.25) is 5.02 Å². The molecule has 6 heteroatoms. The minimum Gasteiger partial charge on any atom is -0.378 e. The summed E-state index contributed by atoms with van der Waals surface area (Å²) in [7, 11) is 1.96. The summed E-state index contributed by atoms with van der Waals surface area (Å²) in [5.41, 5.74) is 3.21. The summed E-state index contributed by atoms with van der Waals surface area (Å²) < 4.78 is 3.93. The van der Waals surface area contributed by atoms with E-state index in [9.17, 15) is 0 Å². The van der Waals surface area contributed by atoms with Gasteiger partial charge in [0.05, 0.1) is 22.4 Å². The van der Waals surface area contributed by atoms with Gasteiger partial charge in [0.1, 0.15) is 0 Å². The van der Waals surface area contributed by atoms with Gasteiger partial charge in [-0.1, -0.05) is 18.5 Å². The largest absolute Gasteiger partial charge is 0.378 e. The van der Waals surface area contributed by atoms with E-state index in [1.54, 1.807) is 0 Å². The molecule has 0 bridgehead atoms. The van der Waals surface area contributed by atoms with E-state index >= 15 is 0 Å². The first-order valence-electron chi connectivity index (χ1n) is 5.92. The van der Waals surface area contributed by atoms with Crippen LogP contribution in [0.3, 0.4) is 0 Å². The summed E-state index contributed by atoms with van der Waals surface area (Å²) in [6.07, 6.45) is 0.916. The lowest BCUT2D eigenvalue weighted by Crippen LogP contribution is -2.06. The summed E-state index contributed by atoms with van der Waals surface area (Å²) in [5.74, 6) is 0. The van der Waals surface area contributed by atoms with Crippen LogP contribution in [-0.4, -0.2) is 9.78 Å². The van der Waals surface area contributed by atoms with Crippen LogP contribution >= 0.6 is 43.5 Å². The Kier molecular flexibility index (Phi) is 4.92. The lowest BCUT2D eigenvalue weighted by molar-refractivity contribution is 0.706. The van der Waals surface area contributed by atoms with E-state index in [2.05, 4.69) is 49.2 Å². The van der Waals surface area contributed by atoms with Crippen LogP contribution in [-0.2, 0) is 20.0 Å². The molecule has 2 aromatic rings. The maximum atomic E-state index is 5.93. The van der Waals surface area contributed by atoms with Crippen molar-refractivity contribution in [2.24, 2.45) is 7.05 Å². The number of nitrogens with zero attached hydrogens (tertiary/aromatic N) is 2. The van der Waals surface area contributed by atoms with Crippen LogP contribution in [0.5, 0.6) is 0 Å². The third-order valence-electron chi connectivity index (χ3n) is 2.88. The molecule has 1 N–H and O–H groups in total. The number of hydrogen-bond donors (Lipinski definition) is 1. The van der Waals surface area contributed by atoms with Gasteiger partial charge in [-0.3, -0.25) is 4.68 Å². The summed E-state index contributed by atoms with van der Waals surface area (Å²) in [5, 5.41) is 8.57. The number of hydrogen-bond acceptors (Lipinski definition) is 2. The monoisotopic (exact) mass is 405 g/mol. The zero-order chi connectivity index (χ0) is 14.0. The van der Waals surface area contributed by atoms with Crippen LogP contribution in [0, 0.1) is 0 Å². The van der Waals surface area contributed by atoms with E-state index in [0.29, 0.717) is 11.6 Å². The number of anilines is 1. The van der Waals surface area contributed by atoms with Crippen molar-refractivity contribution in [1.29, 1.82) is 0 Å². The number of rotatable bonds is 4. The second-order valence-corrected chi connectivity index (χ2v) is 6.25. The quantitative estimate of drug-likeness (QED) is 0.791. The lowest BCUT2D eigenvalue weighted by Gasteiger charge is -2.09. The van der Waals surface area contributed by atoms with E-state index in [4.69, 9.17) is 11.6 Å². The molecule has 0 amide bonds. The molecule has 0 aliphatic heterocycles. The van der Waals surface area contributed by atoms with Crippen molar-refractivity contribution in [3.63, 3.8) is 0 Å². The summed E-state index contributed by atoms with van der Waals surface area (Å²) in [6.45, 7) is 2.80. The number of halogens is 3. The second kappa shape index (κ2) is 6.29. The van der Waals surface area contributed by atoms with Gasteiger partial charge in [-0.2, -0.15) is 5.10 Å². The van der Waals surface area contributed by atoms with Crippen molar-refractivity contribution in [3.8, 4) is 0 Å². The molecule has 102 valence electrons. The molecule has 0 saturated heterocycles. The van der Waals surface area contributed by atoms with Gasteiger partial charge in [0.15, 0.2) is 0 Å². The number of aryl methyl sites for hydroxylation is 2. The second-order valence-electron chi connectivity index (χ2n) is 4.16. The highest BCUT2D eigenvalue weighted by Gasteiger charge is 2.12. The van der Waals surface area contributed by atoms with Crippen molar-refractivity contribution < 1.29 is 0 Å². The fraction of sp³-hybridized carbons (Fsp3) is 0.308. The number of benzene rings is 1. The molecule has 0 aliphatic carbocycles. The molecule has 1 aromatic heterocycles. The highest BCUT2D eigenvalue weighted by molar-refractivity contribution is 9.11. The number of aromatic nitrogens is 2. The van der Waals surface area contributed by atoms with Crippen molar-refractivity contribution in [1.82, 2.24) is 9.78 Å². The molecule has 1 aromatic carbocycles. The molecule has 0 unspecified atom stereocenters. The van der Waals surface area contributed by atoms with Gasteiger partial charge in [-0.15, -0.1) is 0 Å². The molecule has 0 fully saturated rings. The van der Waals surface area contributed by atoms with Gasteiger partial charge in [0, 0.05) is 22.2 Å². The van der Waals surface area contributed by atoms with Crippen LogP contribution in [0.1, 0.15) is 18.3 Å². The SMILES string of the molecule is CCc1nn(C)c(CNc2ccc(Cl)cc2Br)c1Br. The Hall–Kier alpha value is -0.520. The summed E-state index contributed by atoms with van der Waals surface area (Å²) >= 11 is 13.0. The maximum Gasteiger partial charge on any atom is 0.0767 e. The fourth-order valence-corrected chi connectivity index (χ4v) is 3.40. The minimum absolute atomic E-state index is 0.699. The third-order valence-corrected chi connectivity index (χ3v) is 4.69. The summed E-state index contributed by atoms with van der Waals surface area (Å²) in [6, 6.07) is 5.70. The maximum absolute atomic E-state index is 5.93. The highest BCUT2D eigenvalue weighted by Crippen LogP contribution is 2.28. The molecular formula is C13H14Br2ClN3. The Bertz CT molecular complexity index is 596. The molecule has 19 heavy (non-hydrogen) atoms. The van der Waals surface area contributed by atoms with Crippen molar-refractivity contribution in [3.05, 3.63) is 43.6 Å². The Morgan fingerprint density at radius 1 is 1.37 bits per heavy atom. The Balaban J connectivity index is 2.16. The molecule has 3 nitrogen and oxygen atoms in total. The number of nitrogens with one attached hydrogen (secondary N) is 1. The normalized spacial score (nSPS) is 10.8. The average molecular weight is 408 g/mol. The average Bonchev–Trinajstić information content (AvgIpc) is 2.64. The predicted molar refractivity (Wildman–Crippen MR) is 86.8 cm³/mol. The highest BCUT2D eigenvalue weighted by atomic mass is 79.9. The predicted octanol–water partition coefficient (Wildman–Crippen LogP) is 4.77. The molecule has 0 atom stereocenters. The van der Waals surface area contributed by atoms with Crippen LogP contribution < -0.4 is 5.32 Å². The van der Waals surface area contributed by atoms with Gasteiger partial charge in [-0.25, -0.2) is 0 Å². The first-order valence-corrected chi connectivity index (χ1v) is 7.88. The van der Waals surface area contributed by atoms with E-state index in [-0.39, 0.29) is 0 Å². The van der Waals surface area contributed by atoms with E-state index < -0.39 is 0 Å². The molecule has 0 radical (unpaired) electrons. The molecular weight excluding hydrogens is 393 g/mol.